The number of cyclic esters (lactones) is 1. The summed E-state index contributed by atoms with van der Waals surface area (Å²) in [6, 6.07) is 2.17. The number of nitrogens with one attached hydrogen (secondary N) is 2. The van der Waals surface area contributed by atoms with Gasteiger partial charge in [0, 0.05) is 44.5 Å². The van der Waals surface area contributed by atoms with Gasteiger partial charge in [0.15, 0.2) is 11.6 Å². The van der Waals surface area contributed by atoms with E-state index in [9.17, 15) is 18.4 Å². The number of aromatic nitrogens is 3. The number of H-pyrrole nitrogens is 1. The molecule has 2 saturated heterocycles. The Kier molecular flexibility index (Phi) is 6.96. The zero-order chi connectivity index (χ0) is 23.4. The summed E-state index contributed by atoms with van der Waals surface area (Å²) in [6.07, 6.45) is 0.376. The number of hydroxylamine groups is 2. The summed E-state index contributed by atoms with van der Waals surface area (Å²) < 4.78 is 34.9. The van der Waals surface area contributed by atoms with Crippen LogP contribution in [0.5, 0.6) is 0 Å². The standard InChI is InChI=1S/C19H24F2N8O4/c20-15-5-13(28-11-14(7-22)33-19(28)31)6-16(21)18(15)27-1-2-29(32-4-3-27)17(30)10-23-8-12-9-24-26-25-12/h5-6,9,14,23H,1-4,7-8,10-11,22H2,(H,24,25,26)/t14-/m0/s1. The number of hydrogen-bond donors (Lipinski definition) is 3. The SMILES string of the molecule is NC[C@H]1CN(c2cc(F)c(N3CCON(C(=O)CNCc4c[nH]nn4)CC3)c(F)c2)C(=O)O1. The number of nitrogens with zero attached hydrogens (tertiary/aromatic N) is 5. The van der Waals surface area contributed by atoms with E-state index in [1.165, 1.54) is 9.96 Å². The van der Waals surface area contributed by atoms with Gasteiger partial charge >= 0.3 is 6.09 Å². The Bertz CT molecular complexity index is 969. The van der Waals surface area contributed by atoms with Crippen molar-refractivity contribution in [1.29, 1.82) is 0 Å². The van der Waals surface area contributed by atoms with Crippen LogP contribution in [0, 0.1) is 11.6 Å². The first-order valence-corrected chi connectivity index (χ1v) is 10.4. The molecule has 0 saturated carbocycles. The number of benzene rings is 1. The lowest BCUT2D eigenvalue weighted by molar-refractivity contribution is -0.180. The fourth-order valence-electron chi connectivity index (χ4n) is 3.63. The molecule has 0 unspecified atom stereocenters. The summed E-state index contributed by atoms with van der Waals surface area (Å²) in [6.45, 7) is 1.08. The highest BCUT2D eigenvalue weighted by atomic mass is 19.1. The zero-order valence-corrected chi connectivity index (χ0v) is 17.7. The molecule has 1 atom stereocenters. The second kappa shape index (κ2) is 10.1. The molecule has 1 aromatic carbocycles. The number of carbonyl (C=O) groups excluding carboxylic acids is 2. The number of amides is 2. The molecule has 4 N–H and O–H groups in total. The van der Waals surface area contributed by atoms with Crippen LogP contribution >= 0.6 is 0 Å². The molecular formula is C19H24F2N8O4. The van der Waals surface area contributed by atoms with Crippen LogP contribution in [0.1, 0.15) is 5.69 Å². The second-order valence-corrected chi connectivity index (χ2v) is 7.49. The fourth-order valence-corrected chi connectivity index (χ4v) is 3.63. The minimum absolute atomic E-state index is 0.00000755. The van der Waals surface area contributed by atoms with E-state index < -0.39 is 23.8 Å². The molecule has 2 aromatic rings. The van der Waals surface area contributed by atoms with Crippen LogP contribution in [-0.2, 0) is 20.9 Å². The Hall–Kier alpha value is -3.36. The van der Waals surface area contributed by atoms with Crippen LogP contribution in [0.2, 0.25) is 0 Å². The molecule has 33 heavy (non-hydrogen) atoms. The molecule has 0 bridgehead atoms. The zero-order valence-electron chi connectivity index (χ0n) is 17.7. The Morgan fingerprint density at radius 3 is 2.73 bits per heavy atom. The molecule has 2 aliphatic rings. The molecule has 0 spiro atoms. The predicted molar refractivity (Wildman–Crippen MR) is 111 cm³/mol. The summed E-state index contributed by atoms with van der Waals surface area (Å²) in [5.74, 6) is -1.98. The summed E-state index contributed by atoms with van der Waals surface area (Å²) in [5.41, 5.74) is 5.96. The highest BCUT2D eigenvalue weighted by Gasteiger charge is 2.33. The van der Waals surface area contributed by atoms with E-state index in [-0.39, 0.29) is 63.2 Å². The third-order valence-electron chi connectivity index (χ3n) is 5.28. The first-order valence-electron chi connectivity index (χ1n) is 10.4. The molecule has 2 fully saturated rings. The van der Waals surface area contributed by atoms with Gasteiger partial charge in [-0.25, -0.2) is 18.6 Å². The quantitative estimate of drug-likeness (QED) is 0.503. The maximum Gasteiger partial charge on any atom is 0.414 e. The van der Waals surface area contributed by atoms with E-state index in [4.69, 9.17) is 15.3 Å². The summed E-state index contributed by atoms with van der Waals surface area (Å²) in [7, 11) is 0. The average molecular weight is 466 g/mol. The maximum absolute atomic E-state index is 14.9. The molecule has 14 heteroatoms. The molecule has 12 nitrogen and oxygen atoms in total. The number of anilines is 2. The number of hydrogen-bond acceptors (Lipinski definition) is 9. The van der Waals surface area contributed by atoms with Crippen molar-refractivity contribution in [3.63, 3.8) is 0 Å². The van der Waals surface area contributed by atoms with Gasteiger partial charge in [0.2, 0.25) is 0 Å². The van der Waals surface area contributed by atoms with Crippen molar-refractivity contribution in [3.8, 4) is 0 Å². The summed E-state index contributed by atoms with van der Waals surface area (Å²) >= 11 is 0. The van der Waals surface area contributed by atoms with Crippen molar-refractivity contribution < 1.29 is 27.9 Å². The summed E-state index contributed by atoms with van der Waals surface area (Å²) in [4.78, 5) is 32.4. The van der Waals surface area contributed by atoms with Crippen molar-refractivity contribution in [2.75, 3.05) is 55.7 Å². The highest BCUT2D eigenvalue weighted by molar-refractivity contribution is 5.90. The van der Waals surface area contributed by atoms with Gasteiger partial charge in [0.1, 0.15) is 11.8 Å². The number of rotatable bonds is 7. The van der Waals surface area contributed by atoms with Gasteiger partial charge in [0.05, 0.1) is 37.6 Å². The van der Waals surface area contributed by atoms with Crippen molar-refractivity contribution in [3.05, 3.63) is 35.7 Å². The minimum atomic E-state index is -0.831. The molecule has 0 aliphatic carbocycles. The molecule has 3 heterocycles. The number of carbonyl (C=O) groups is 2. The van der Waals surface area contributed by atoms with Crippen molar-refractivity contribution in [1.82, 2.24) is 25.8 Å². The van der Waals surface area contributed by atoms with Gasteiger partial charge in [-0.05, 0) is 0 Å². The highest BCUT2D eigenvalue weighted by Crippen LogP contribution is 2.31. The molecule has 178 valence electrons. The average Bonchev–Trinajstić information content (AvgIpc) is 3.37. The van der Waals surface area contributed by atoms with Gasteiger partial charge in [-0.15, -0.1) is 5.10 Å². The Balaban J connectivity index is 1.37. The monoisotopic (exact) mass is 466 g/mol. The number of nitrogens with two attached hydrogens (primary N) is 1. The first kappa shape index (κ1) is 22.8. The smallest absolute Gasteiger partial charge is 0.414 e. The van der Waals surface area contributed by atoms with Crippen LogP contribution in [0.25, 0.3) is 0 Å². The van der Waals surface area contributed by atoms with Crippen molar-refractivity contribution in [2.24, 2.45) is 5.73 Å². The van der Waals surface area contributed by atoms with Crippen LogP contribution < -0.4 is 20.9 Å². The Labute approximate surface area is 187 Å². The predicted octanol–water partition coefficient (Wildman–Crippen LogP) is -0.263. The Morgan fingerprint density at radius 2 is 2.06 bits per heavy atom. The van der Waals surface area contributed by atoms with Crippen LogP contribution in [0.3, 0.4) is 0 Å². The molecule has 4 rings (SSSR count). The number of aromatic amines is 1. The topological polar surface area (TPSA) is 142 Å². The van der Waals surface area contributed by atoms with E-state index in [0.717, 1.165) is 17.0 Å². The molecule has 2 aliphatic heterocycles. The lowest BCUT2D eigenvalue weighted by atomic mass is 10.2. The maximum atomic E-state index is 14.9. The molecule has 0 radical (unpaired) electrons. The number of halogens is 2. The van der Waals surface area contributed by atoms with E-state index >= 15 is 0 Å². The van der Waals surface area contributed by atoms with Gasteiger partial charge in [-0.3, -0.25) is 19.6 Å². The third-order valence-corrected chi connectivity index (χ3v) is 5.28. The lowest BCUT2D eigenvalue weighted by Gasteiger charge is -2.24. The van der Waals surface area contributed by atoms with E-state index in [1.54, 1.807) is 6.20 Å². The van der Waals surface area contributed by atoms with Crippen molar-refractivity contribution >= 4 is 23.4 Å². The van der Waals surface area contributed by atoms with Crippen LogP contribution in [0.4, 0.5) is 25.0 Å². The molecule has 1 aromatic heterocycles. The third kappa shape index (κ3) is 5.18. The van der Waals surface area contributed by atoms with E-state index in [0.29, 0.717) is 12.2 Å². The van der Waals surface area contributed by atoms with E-state index in [2.05, 4.69) is 20.7 Å². The molecule has 2 amide bonds. The summed E-state index contributed by atoms with van der Waals surface area (Å²) in [5, 5.41) is 14.1. The van der Waals surface area contributed by atoms with Gasteiger partial charge in [0.25, 0.3) is 5.91 Å². The second-order valence-electron chi connectivity index (χ2n) is 7.49. The van der Waals surface area contributed by atoms with Gasteiger partial charge in [-0.2, -0.15) is 0 Å². The number of ether oxygens (including phenoxy) is 1. The van der Waals surface area contributed by atoms with Crippen LogP contribution in [-0.4, -0.2) is 84.5 Å². The van der Waals surface area contributed by atoms with E-state index in [1.807, 2.05) is 0 Å². The minimum Gasteiger partial charge on any atom is -0.443 e. The normalized spacial score (nSPS) is 19.1. The van der Waals surface area contributed by atoms with Crippen LogP contribution in [0.15, 0.2) is 18.3 Å². The Morgan fingerprint density at radius 1 is 1.27 bits per heavy atom. The molecular weight excluding hydrogens is 442 g/mol. The largest absolute Gasteiger partial charge is 0.443 e. The van der Waals surface area contributed by atoms with Crippen molar-refractivity contribution in [2.45, 2.75) is 12.6 Å². The first-order chi connectivity index (χ1) is 16.0. The fraction of sp³-hybridized carbons (Fsp3) is 0.474. The lowest BCUT2D eigenvalue weighted by Crippen LogP contribution is -2.39. The van der Waals surface area contributed by atoms with Gasteiger partial charge in [-0.1, -0.05) is 5.21 Å². The van der Waals surface area contributed by atoms with Gasteiger partial charge < -0.3 is 20.7 Å².